The van der Waals surface area contributed by atoms with Gasteiger partial charge in [0, 0.05) is 18.0 Å². The molecule has 2 aliphatic rings. The average molecular weight is 400 g/mol. The molecule has 3 amide bonds. The first-order valence-electron chi connectivity index (χ1n) is 7.70. The lowest BCUT2D eigenvalue weighted by atomic mass is 10.0. The first-order valence-corrected chi connectivity index (χ1v) is 9.07. The number of carbonyl (C=O) groups excluding carboxylic acids is 2. The SMILES string of the molecule is CC1=C[C@@H](C(=O)NCc2cc(=O)c(O)c[nH]2)N2C[C@H]1N(OS(=O)(=O)O)C2=O. The summed E-state index contributed by atoms with van der Waals surface area (Å²) in [6.45, 7) is 1.54. The van der Waals surface area contributed by atoms with Gasteiger partial charge >= 0.3 is 16.4 Å². The van der Waals surface area contributed by atoms with E-state index in [-0.39, 0.29) is 13.1 Å². The van der Waals surface area contributed by atoms with Gasteiger partial charge in [-0.05, 0) is 12.5 Å². The fraction of sp³-hybridized carbons (Fsp3) is 0.357. The van der Waals surface area contributed by atoms with E-state index in [4.69, 9.17) is 4.55 Å². The van der Waals surface area contributed by atoms with Crippen molar-refractivity contribution in [2.24, 2.45) is 0 Å². The molecular formula is C14H16N4O8S. The van der Waals surface area contributed by atoms with Gasteiger partial charge < -0.3 is 20.3 Å². The van der Waals surface area contributed by atoms with Crippen molar-refractivity contribution in [2.45, 2.75) is 25.6 Å². The summed E-state index contributed by atoms with van der Waals surface area (Å²) in [5.41, 5.74) is 0.241. The highest BCUT2D eigenvalue weighted by atomic mass is 32.3. The van der Waals surface area contributed by atoms with E-state index in [1.165, 1.54) is 6.08 Å². The standard InChI is InChI=1S/C14H16N4O8S/c1-7-2-9(13(21)16-4-8-3-11(19)12(20)5-15-8)17-6-10(7)18(14(17)22)26-27(23,24)25/h2-3,5,9-10,20H,4,6H2,1H3,(H,15,19)(H,16,21)(H,23,24,25)/t9-,10+/m0/s1. The Morgan fingerprint density at radius 2 is 2.15 bits per heavy atom. The van der Waals surface area contributed by atoms with Gasteiger partial charge in [-0.1, -0.05) is 6.08 Å². The molecule has 2 aliphatic heterocycles. The number of aromatic amines is 1. The number of amides is 3. The van der Waals surface area contributed by atoms with Gasteiger partial charge in [-0.3, -0.25) is 14.1 Å². The maximum atomic E-state index is 12.5. The molecule has 0 saturated carbocycles. The van der Waals surface area contributed by atoms with Crippen LogP contribution in [0, 0.1) is 0 Å². The Balaban J connectivity index is 1.73. The van der Waals surface area contributed by atoms with Crippen molar-refractivity contribution in [1.82, 2.24) is 20.3 Å². The van der Waals surface area contributed by atoms with Crippen LogP contribution in [0.3, 0.4) is 0 Å². The summed E-state index contributed by atoms with van der Waals surface area (Å²) in [6, 6.07) is -1.54. The lowest BCUT2D eigenvalue weighted by Crippen LogP contribution is -2.48. The number of hydroxylamine groups is 2. The highest BCUT2D eigenvalue weighted by molar-refractivity contribution is 7.80. The zero-order chi connectivity index (χ0) is 19.9. The molecule has 0 spiro atoms. The number of carbonyl (C=O) groups is 2. The number of aromatic hydroxyl groups is 1. The van der Waals surface area contributed by atoms with Gasteiger partial charge in [0.15, 0.2) is 5.75 Å². The lowest BCUT2D eigenvalue weighted by Gasteiger charge is -2.27. The smallest absolute Gasteiger partial charge is 0.418 e. The Morgan fingerprint density at radius 3 is 2.78 bits per heavy atom. The first-order chi connectivity index (χ1) is 12.6. The molecule has 146 valence electrons. The number of hydrogen-bond acceptors (Lipinski definition) is 7. The number of nitrogens with one attached hydrogen (secondary N) is 2. The Hall–Kier alpha value is -2.90. The van der Waals surface area contributed by atoms with Crippen molar-refractivity contribution in [3.8, 4) is 5.75 Å². The molecule has 0 radical (unpaired) electrons. The van der Waals surface area contributed by atoms with Crippen molar-refractivity contribution in [2.75, 3.05) is 6.54 Å². The minimum absolute atomic E-state index is 0.00478. The van der Waals surface area contributed by atoms with Crippen LogP contribution in [-0.2, 0) is 26.0 Å². The molecule has 0 aliphatic carbocycles. The minimum Gasteiger partial charge on any atom is -0.503 e. The highest BCUT2D eigenvalue weighted by Crippen LogP contribution is 2.30. The number of nitrogens with zero attached hydrogens (tertiary/aromatic N) is 2. The summed E-state index contributed by atoms with van der Waals surface area (Å²) in [6.07, 6.45) is 2.57. The topological polar surface area (TPSA) is 169 Å². The molecule has 3 rings (SSSR count). The Labute approximate surface area is 152 Å². The second-order valence-electron chi connectivity index (χ2n) is 6.06. The van der Waals surface area contributed by atoms with Crippen LogP contribution < -0.4 is 10.7 Å². The third-order valence-corrected chi connectivity index (χ3v) is 4.57. The summed E-state index contributed by atoms with van der Waals surface area (Å²) in [5.74, 6) is -1.02. The van der Waals surface area contributed by atoms with Crippen LogP contribution in [0.2, 0.25) is 0 Å². The number of urea groups is 1. The van der Waals surface area contributed by atoms with Gasteiger partial charge in [-0.15, -0.1) is 4.28 Å². The number of pyridine rings is 1. The molecular weight excluding hydrogens is 384 g/mol. The van der Waals surface area contributed by atoms with Gasteiger partial charge in [-0.25, -0.2) is 4.79 Å². The second kappa shape index (κ2) is 6.68. The van der Waals surface area contributed by atoms with Gasteiger partial charge in [0.05, 0.1) is 13.1 Å². The van der Waals surface area contributed by atoms with Crippen molar-refractivity contribution in [3.05, 3.63) is 39.8 Å². The van der Waals surface area contributed by atoms with Crippen molar-refractivity contribution in [1.29, 1.82) is 0 Å². The van der Waals surface area contributed by atoms with Gasteiger partial charge in [0.25, 0.3) is 0 Å². The summed E-state index contributed by atoms with van der Waals surface area (Å²) >= 11 is 0. The van der Waals surface area contributed by atoms with E-state index in [1.54, 1.807) is 6.92 Å². The predicted octanol–water partition coefficient (Wildman–Crippen LogP) is -1.13. The van der Waals surface area contributed by atoms with Crippen molar-refractivity contribution >= 4 is 22.3 Å². The van der Waals surface area contributed by atoms with Crippen LogP contribution >= 0.6 is 0 Å². The highest BCUT2D eigenvalue weighted by Gasteiger charge is 2.48. The van der Waals surface area contributed by atoms with Crippen LogP contribution in [0.4, 0.5) is 4.79 Å². The van der Waals surface area contributed by atoms with Crippen molar-refractivity contribution < 1.29 is 31.9 Å². The van der Waals surface area contributed by atoms with Gasteiger partial charge in [0.1, 0.15) is 12.1 Å². The van der Waals surface area contributed by atoms with Crippen molar-refractivity contribution in [3.63, 3.8) is 0 Å². The quantitative estimate of drug-likeness (QED) is 0.355. The first kappa shape index (κ1) is 18.9. The van der Waals surface area contributed by atoms with E-state index in [0.29, 0.717) is 16.3 Å². The number of fused-ring (bicyclic) bond motifs is 2. The summed E-state index contributed by atoms with van der Waals surface area (Å²) in [5, 5.41) is 12.3. The Bertz CT molecular complexity index is 985. The molecule has 27 heavy (non-hydrogen) atoms. The normalized spacial score (nSPS) is 22.0. The molecule has 3 heterocycles. The van der Waals surface area contributed by atoms with Crippen LogP contribution in [0.15, 0.2) is 28.7 Å². The monoisotopic (exact) mass is 400 g/mol. The molecule has 4 N–H and O–H groups in total. The Kier molecular flexibility index (Phi) is 4.67. The maximum Gasteiger partial charge on any atom is 0.418 e. The molecule has 1 saturated heterocycles. The molecule has 0 unspecified atom stereocenters. The molecule has 1 fully saturated rings. The third-order valence-electron chi connectivity index (χ3n) is 4.22. The summed E-state index contributed by atoms with van der Waals surface area (Å²) in [7, 11) is -4.90. The molecule has 2 atom stereocenters. The van der Waals surface area contributed by atoms with E-state index >= 15 is 0 Å². The van der Waals surface area contributed by atoms with Crippen LogP contribution in [0.25, 0.3) is 0 Å². The average Bonchev–Trinajstić information content (AvgIpc) is 2.84. The molecule has 12 nitrogen and oxygen atoms in total. The van der Waals surface area contributed by atoms with E-state index < -0.39 is 45.6 Å². The molecule has 13 heteroatoms. The predicted molar refractivity (Wildman–Crippen MR) is 88.5 cm³/mol. The lowest BCUT2D eigenvalue weighted by molar-refractivity contribution is -0.124. The number of H-pyrrole nitrogens is 1. The molecule has 1 aromatic rings. The van der Waals surface area contributed by atoms with E-state index in [2.05, 4.69) is 14.6 Å². The van der Waals surface area contributed by atoms with Gasteiger partial charge in [0.2, 0.25) is 11.3 Å². The minimum atomic E-state index is -4.90. The second-order valence-corrected chi connectivity index (χ2v) is 7.06. The largest absolute Gasteiger partial charge is 0.503 e. The van der Waals surface area contributed by atoms with E-state index in [9.17, 15) is 27.9 Å². The molecule has 2 bridgehead atoms. The summed E-state index contributed by atoms with van der Waals surface area (Å²) < 4.78 is 35.0. The van der Waals surface area contributed by atoms with E-state index in [0.717, 1.165) is 17.2 Å². The summed E-state index contributed by atoms with van der Waals surface area (Å²) in [4.78, 5) is 39.9. The number of aromatic nitrogens is 1. The zero-order valence-electron chi connectivity index (χ0n) is 13.9. The molecule has 0 aromatic carbocycles. The fourth-order valence-corrected chi connectivity index (χ4v) is 3.28. The Morgan fingerprint density at radius 1 is 1.44 bits per heavy atom. The number of hydrogen-bond donors (Lipinski definition) is 4. The molecule has 1 aromatic heterocycles. The number of rotatable bonds is 5. The van der Waals surface area contributed by atoms with Crippen LogP contribution in [-0.4, -0.2) is 63.6 Å². The van der Waals surface area contributed by atoms with Crippen LogP contribution in [0.5, 0.6) is 5.75 Å². The maximum absolute atomic E-state index is 12.5. The van der Waals surface area contributed by atoms with Gasteiger partial charge in [-0.2, -0.15) is 13.5 Å². The van der Waals surface area contributed by atoms with Crippen LogP contribution in [0.1, 0.15) is 12.6 Å². The van der Waals surface area contributed by atoms with E-state index in [1.807, 2.05) is 0 Å². The fourth-order valence-electron chi connectivity index (χ4n) is 2.91. The third kappa shape index (κ3) is 3.79. The zero-order valence-corrected chi connectivity index (χ0v) is 14.8.